The Bertz CT molecular complexity index is 768. The highest BCUT2D eigenvalue weighted by Gasteiger charge is 2.12. The molecule has 2 amide bonds. The van der Waals surface area contributed by atoms with Crippen LogP contribution in [0.25, 0.3) is 0 Å². The monoisotopic (exact) mass is 356 g/mol. The van der Waals surface area contributed by atoms with Crippen LogP contribution in [0.2, 0.25) is 10.0 Å². The van der Waals surface area contributed by atoms with Gasteiger partial charge in [-0.25, -0.2) is 4.39 Å². The number of primary amides is 1. The first-order chi connectivity index (χ1) is 10.9. The van der Waals surface area contributed by atoms with Gasteiger partial charge in [0.25, 0.3) is 11.8 Å². The third-order valence-corrected chi connectivity index (χ3v) is 3.29. The predicted molar refractivity (Wildman–Crippen MR) is 85.5 cm³/mol. The van der Waals surface area contributed by atoms with Gasteiger partial charge in [-0.3, -0.25) is 9.59 Å². The zero-order valence-corrected chi connectivity index (χ0v) is 13.1. The van der Waals surface area contributed by atoms with Gasteiger partial charge in [0.15, 0.2) is 6.61 Å². The molecule has 0 heterocycles. The molecule has 0 spiro atoms. The van der Waals surface area contributed by atoms with E-state index in [4.69, 9.17) is 33.7 Å². The number of hydrogen-bond acceptors (Lipinski definition) is 3. The molecule has 0 unspecified atom stereocenters. The molecule has 0 saturated heterocycles. The minimum Gasteiger partial charge on any atom is -0.483 e. The van der Waals surface area contributed by atoms with E-state index >= 15 is 0 Å². The molecule has 0 fully saturated rings. The molecule has 0 aliphatic heterocycles. The summed E-state index contributed by atoms with van der Waals surface area (Å²) < 4.78 is 18.3. The Morgan fingerprint density at radius 1 is 1.17 bits per heavy atom. The average molecular weight is 357 g/mol. The lowest BCUT2D eigenvalue weighted by Gasteiger charge is -2.10. The van der Waals surface area contributed by atoms with Gasteiger partial charge in [-0.1, -0.05) is 23.2 Å². The van der Waals surface area contributed by atoms with E-state index in [9.17, 15) is 14.0 Å². The van der Waals surface area contributed by atoms with Crippen LogP contribution in [0, 0.1) is 5.82 Å². The summed E-state index contributed by atoms with van der Waals surface area (Å²) in [5, 5.41) is 2.69. The van der Waals surface area contributed by atoms with Gasteiger partial charge in [-0.15, -0.1) is 0 Å². The van der Waals surface area contributed by atoms with E-state index in [2.05, 4.69) is 5.32 Å². The lowest BCUT2D eigenvalue weighted by atomic mass is 10.2. The number of amides is 2. The molecular formula is C15H11Cl2FN2O3. The first-order valence-corrected chi connectivity index (χ1v) is 7.09. The Labute approximate surface area is 141 Å². The third-order valence-electron chi connectivity index (χ3n) is 2.77. The molecule has 0 atom stereocenters. The van der Waals surface area contributed by atoms with E-state index in [-0.39, 0.29) is 22.9 Å². The molecule has 8 heteroatoms. The smallest absolute Gasteiger partial charge is 0.262 e. The van der Waals surface area contributed by atoms with Crippen LogP contribution < -0.4 is 15.8 Å². The molecule has 2 rings (SSSR count). The lowest BCUT2D eigenvalue weighted by Crippen LogP contribution is -2.21. The largest absolute Gasteiger partial charge is 0.483 e. The third kappa shape index (κ3) is 4.58. The number of nitrogens with two attached hydrogens (primary N) is 1. The second-order valence-electron chi connectivity index (χ2n) is 4.47. The van der Waals surface area contributed by atoms with Crippen LogP contribution in [0.5, 0.6) is 5.75 Å². The second kappa shape index (κ2) is 7.30. The number of nitrogens with one attached hydrogen (secondary N) is 1. The van der Waals surface area contributed by atoms with E-state index in [0.717, 1.165) is 6.07 Å². The van der Waals surface area contributed by atoms with Crippen molar-refractivity contribution in [2.75, 3.05) is 11.9 Å². The summed E-state index contributed by atoms with van der Waals surface area (Å²) in [6.45, 7) is -0.378. The minimum atomic E-state index is -0.728. The Kier molecular flexibility index (Phi) is 5.41. The van der Waals surface area contributed by atoms with Gasteiger partial charge < -0.3 is 15.8 Å². The standard InChI is InChI=1S/C15H11Cl2FN2O3/c16-8-1-4-13(10(5-8)15(19)22)23-7-14(21)20-9-2-3-12(18)11(17)6-9/h1-6H,7H2,(H2,19,22)(H,20,21). The summed E-state index contributed by atoms with van der Waals surface area (Å²) in [7, 11) is 0. The van der Waals surface area contributed by atoms with Gasteiger partial charge in [0.1, 0.15) is 11.6 Å². The Balaban J connectivity index is 2.02. The van der Waals surface area contributed by atoms with Crippen LogP contribution in [0.4, 0.5) is 10.1 Å². The Hall–Kier alpha value is -2.31. The van der Waals surface area contributed by atoms with E-state index in [1.165, 1.54) is 30.3 Å². The van der Waals surface area contributed by atoms with Crippen molar-refractivity contribution in [3.63, 3.8) is 0 Å². The van der Waals surface area contributed by atoms with Crippen molar-refractivity contribution in [2.45, 2.75) is 0 Å². The van der Waals surface area contributed by atoms with Crippen LogP contribution >= 0.6 is 23.2 Å². The van der Waals surface area contributed by atoms with E-state index < -0.39 is 17.6 Å². The summed E-state index contributed by atoms with van der Waals surface area (Å²) in [5.41, 5.74) is 5.60. The molecule has 3 N–H and O–H groups in total. The Morgan fingerprint density at radius 2 is 1.91 bits per heavy atom. The van der Waals surface area contributed by atoms with Crippen LogP contribution in [-0.4, -0.2) is 18.4 Å². The maximum atomic E-state index is 13.0. The molecule has 23 heavy (non-hydrogen) atoms. The van der Waals surface area contributed by atoms with Crippen molar-refractivity contribution >= 4 is 40.7 Å². The number of rotatable bonds is 5. The van der Waals surface area contributed by atoms with Crippen LogP contribution in [-0.2, 0) is 4.79 Å². The fourth-order valence-corrected chi connectivity index (χ4v) is 2.09. The Morgan fingerprint density at radius 3 is 2.57 bits per heavy atom. The molecule has 0 bridgehead atoms. The van der Waals surface area contributed by atoms with Crippen LogP contribution in [0.1, 0.15) is 10.4 Å². The zero-order chi connectivity index (χ0) is 17.0. The number of carbonyl (C=O) groups excluding carboxylic acids is 2. The quantitative estimate of drug-likeness (QED) is 0.862. The first kappa shape index (κ1) is 17.1. The number of hydrogen-bond donors (Lipinski definition) is 2. The van der Waals surface area contributed by atoms with Crippen molar-refractivity contribution in [1.82, 2.24) is 0 Å². The topological polar surface area (TPSA) is 81.4 Å². The van der Waals surface area contributed by atoms with E-state index in [0.29, 0.717) is 10.7 Å². The molecule has 2 aromatic rings. The lowest BCUT2D eigenvalue weighted by molar-refractivity contribution is -0.118. The van der Waals surface area contributed by atoms with Gasteiger partial charge in [0.2, 0.25) is 0 Å². The van der Waals surface area contributed by atoms with Crippen molar-refractivity contribution in [1.29, 1.82) is 0 Å². The van der Waals surface area contributed by atoms with Crippen molar-refractivity contribution in [2.24, 2.45) is 5.73 Å². The predicted octanol–water partition coefficient (Wildman–Crippen LogP) is 3.25. The van der Waals surface area contributed by atoms with Gasteiger partial charge in [0, 0.05) is 10.7 Å². The SMILES string of the molecule is NC(=O)c1cc(Cl)ccc1OCC(=O)Nc1ccc(F)c(Cl)c1. The van der Waals surface area contributed by atoms with E-state index in [1.807, 2.05) is 0 Å². The maximum Gasteiger partial charge on any atom is 0.262 e. The van der Waals surface area contributed by atoms with Crippen molar-refractivity contribution in [3.8, 4) is 5.75 Å². The normalized spacial score (nSPS) is 10.2. The van der Waals surface area contributed by atoms with Crippen molar-refractivity contribution in [3.05, 3.63) is 57.8 Å². The van der Waals surface area contributed by atoms with Gasteiger partial charge in [0.05, 0.1) is 10.6 Å². The summed E-state index contributed by atoms with van der Waals surface area (Å²) in [4.78, 5) is 23.1. The molecule has 120 valence electrons. The summed E-state index contributed by atoms with van der Waals surface area (Å²) >= 11 is 11.4. The van der Waals surface area contributed by atoms with Gasteiger partial charge in [-0.2, -0.15) is 0 Å². The average Bonchev–Trinajstić information content (AvgIpc) is 2.49. The molecule has 0 aliphatic rings. The van der Waals surface area contributed by atoms with Crippen molar-refractivity contribution < 1.29 is 18.7 Å². The summed E-state index contributed by atoms with van der Waals surface area (Å²) in [5.74, 6) is -1.70. The first-order valence-electron chi connectivity index (χ1n) is 6.34. The summed E-state index contributed by atoms with van der Waals surface area (Å²) in [6, 6.07) is 8.04. The van der Waals surface area contributed by atoms with Gasteiger partial charge >= 0.3 is 0 Å². The molecule has 0 saturated carbocycles. The highest BCUT2D eigenvalue weighted by Crippen LogP contribution is 2.23. The molecule has 0 aromatic heterocycles. The molecule has 0 radical (unpaired) electrons. The minimum absolute atomic E-state index is 0.0649. The highest BCUT2D eigenvalue weighted by atomic mass is 35.5. The van der Waals surface area contributed by atoms with Crippen LogP contribution in [0.3, 0.4) is 0 Å². The zero-order valence-electron chi connectivity index (χ0n) is 11.6. The number of carbonyl (C=O) groups is 2. The second-order valence-corrected chi connectivity index (χ2v) is 5.31. The molecule has 5 nitrogen and oxygen atoms in total. The number of halogens is 3. The van der Waals surface area contributed by atoms with Gasteiger partial charge in [-0.05, 0) is 36.4 Å². The number of ether oxygens (including phenoxy) is 1. The highest BCUT2D eigenvalue weighted by molar-refractivity contribution is 6.31. The number of anilines is 1. The fraction of sp³-hybridized carbons (Fsp3) is 0.0667. The molecule has 2 aromatic carbocycles. The molecule has 0 aliphatic carbocycles. The molecular weight excluding hydrogens is 346 g/mol. The maximum absolute atomic E-state index is 13.0. The summed E-state index contributed by atoms with van der Waals surface area (Å²) in [6.07, 6.45) is 0. The van der Waals surface area contributed by atoms with E-state index in [1.54, 1.807) is 0 Å². The number of benzene rings is 2. The van der Waals surface area contributed by atoms with Crippen LogP contribution in [0.15, 0.2) is 36.4 Å². The fourth-order valence-electron chi connectivity index (χ4n) is 1.73.